The third-order valence-electron chi connectivity index (χ3n) is 3.08. The molecule has 19 heavy (non-hydrogen) atoms. The molecule has 0 aromatic heterocycles. The van der Waals surface area contributed by atoms with Gasteiger partial charge in [-0.1, -0.05) is 15.9 Å². The normalized spacial score (nSPS) is 24.3. The lowest BCUT2D eigenvalue weighted by Crippen LogP contribution is -2.51. The van der Waals surface area contributed by atoms with Crippen LogP contribution in [0.25, 0.3) is 0 Å². The van der Waals surface area contributed by atoms with Crippen molar-refractivity contribution in [1.29, 1.82) is 0 Å². The Morgan fingerprint density at radius 1 is 1.58 bits per heavy atom. The molecular weight excluding hydrogens is 312 g/mol. The van der Waals surface area contributed by atoms with Crippen molar-refractivity contribution in [3.63, 3.8) is 0 Å². The van der Waals surface area contributed by atoms with E-state index in [1.807, 2.05) is 6.92 Å². The Labute approximate surface area is 120 Å². The van der Waals surface area contributed by atoms with E-state index in [0.717, 1.165) is 16.6 Å². The third-order valence-corrected chi connectivity index (χ3v) is 3.85. The van der Waals surface area contributed by atoms with E-state index in [2.05, 4.69) is 20.8 Å². The quantitative estimate of drug-likeness (QED) is 0.875. The fourth-order valence-corrected chi connectivity index (χ4v) is 2.62. The molecule has 104 valence electrons. The zero-order valence-corrected chi connectivity index (χ0v) is 12.3. The van der Waals surface area contributed by atoms with Crippen molar-refractivity contribution >= 4 is 21.8 Å². The smallest absolute Gasteiger partial charge is 0.247 e. The number of carbonyl (C=O) groups is 1. The predicted octanol–water partition coefficient (Wildman–Crippen LogP) is 1.23. The number of morpholine rings is 1. The van der Waals surface area contributed by atoms with Crippen molar-refractivity contribution in [1.82, 2.24) is 4.90 Å². The lowest BCUT2D eigenvalue weighted by Gasteiger charge is -2.35. The van der Waals surface area contributed by atoms with Crippen LogP contribution in [0.3, 0.4) is 0 Å². The summed E-state index contributed by atoms with van der Waals surface area (Å²) < 4.78 is 6.42. The average Bonchev–Trinajstić information content (AvgIpc) is 2.33. The van der Waals surface area contributed by atoms with Gasteiger partial charge in [-0.05, 0) is 30.7 Å². The Hall–Kier alpha value is -1.11. The number of hydrogen-bond acceptors (Lipinski definition) is 4. The molecule has 5 nitrogen and oxygen atoms in total. The number of benzene rings is 1. The number of amides is 1. The molecule has 0 spiro atoms. The summed E-state index contributed by atoms with van der Waals surface area (Å²) in [6.07, 6.45) is -0.609. The summed E-state index contributed by atoms with van der Waals surface area (Å²) in [5.41, 5.74) is 6.27. The van der Waals surface area contributed by atoms with Gasteiger partial charge in [0.2, 0.25) is 5.91 Å². The number of rotatable bonds is 3. The second-order valence-electron chi connectivity index (χ2n) is 4.81. The van der Waals surface area contributed by atoms with E-state index in [1.54, 1.807) is 18.2 Å². The topological polar surface area (TPSA) is 75.8 Å². The predicted molar refractivity (Wildman–Crippen MR) is 74.6 cm³/mol. The van der Waals surface area contributed by atoms with E-state index in [0.29, 0.717) is 13.1 Å². The standard InChI is InChI=1S/C13H17BrN2O3/c1-8-5-16(7-12(19-8)13(15)18)6-9-4-10(17)2-3-11(9)14/h2-4,8,12,17H,5-7H2,1H3,(H2,15,18)/t8-,12+/m1/s1. The molecule has 1 amide bonds. The molecule has 0 unspecified atom stereocenters. The number of halogens is 1. The van der Waals surface area contributed by atoms with Gasteiger partial charge in [-0.3, -0.25) is 9.69 Å². The van der Waals surface area contributed by atoms with Crippen molar-refractivity contribution in [2.45, 2.75) is 25.7 Å². The number of carbonyl (C=O) groups excluding carboxylic acids is 1. The summed E-state index contributed by atoms with van der Waals surface area (Å²) in [6, 6.07) is 5.14. The maximum atomic E-state index is 11.2. The largest absolute Gasteiger partial charge is 0.508 e. The first-order chi connectivity index (χ1) is 8.95. The van der Waals surface area contributed by atoms with Crippen molar-refractivity contribution in [2.24, 2.45) is 5.73 Å². The van der Waals surface area contributed by atoms with E-state index in [4.69, 9.17) is 10.5 Å². The molecule has 2 rings (SSSR count). The van der Waals surface area contributed by atoms with Gasteiger partial charge in [0, 0.05) is 24.1 Å². The van der Waals surface area contributed by atoms with Gasteiger partial charge in [-0.2, -0.15) is 0 Å². The molecular formula is C13H17BrN2O3. The maximum Gasteiger partial charge on any atom is 0.247 e. The van der Waals surface area contributed by atoms with Gasteiger partial charge < -0.3 is 15.6 Å². The van der Waals surface area contributed by atoms with Crippen LogP contribution in [0, 0.1) is 0 Å². The highest BCUT2D eigenvalue weighted by molar-refractivity contribution is 9.10. The fourth-order valence-electron chi connectivity index (χ4n) is 2.25. The molecule has 1 aliphatic rings. The summed E-state index contributed by atoms with van der Waals surface area (Å²) in [4.78, 5) is 13.3. The minimum Gasteiger partial charge on any atom is -0.508 e. The number of ether oxygens (including phenoxy) is 1. The third kappa shape index (κ3) is 3.68. The summed E-state index contributed by atoms with van der Waals surface area (Å²) in [7, 11) is 0. The van der Waals surface area contributed by atoms with Gasteiger partial charge >= 0.3 is 0 Å². The van der Waals surface area contributed by atoms with Crippen LogP contribution in [0.15, 0.2) is 22.7 Å². The molecule has 1 fully saturated rings. The maximum absolute atomic E-state index is 11.2. The average molecular weight is 329 g/mol. The summed E-state index contributed by atoms with van der Waals surface area (Å²) in [5, 5.41) is 9.52. The molecule has 2 atom stereocenters. The fraction of sp³-hybridized carbons (Fsp3) is 0.462. The lowest BCUT2D eigenvalue weighted by molar-refractivity contribution is -0.142. The first-order valence-electron chi connectivity index (χ1n) is 6.10. The zero-order valence-electron chi connectivity index (χ0n) is 10.7. The molecule has 0 saturated carbocycles. The zero-order chi connectivity index (χ0) is 14.0. The van der Waals surface area contributed by atoms with Crippen molar-refractivity contribution in [3.8, 4) is 5.75 Å². The van der Waals surface area contributed by atoms with E-state index in [-0.39, 0.29) is 11.9 Å². The second-order valence-corrected chi connectivity index (χ2v) is 5.66. The Kier molecular flexibility index (Phi) is 4.44. The van der Waals surface area contributed by atoms with Gasteiger partial charge in [0.15, 0.2) is 0 Å². The minimum absolute atomic E-state index is 0.0395. The van der Waals surface area contributed by atoms with E-state index >= 15 is 0 Å². The van der Waals surface area contributed by atoms with Crippen molar-refractivity contribution < 1.29 is 14.6 Å². The molecule has 6 heteroatoms. The van der Waals surface area contributed by atoms with Gasteiger partial charge in [0.05, 0.1) is 6.10 Å². The molecule has 0 bridgehead atoms. The van der Waals surface area contributed by atoms with Crippen LogP contribution in [0.4, 0.5) is 0 Å². The Bertz CT molecular complexity index is 481. The highest BCUT2D eigenvalue weighted by atomic mass is 79.9. The van der Waals surface area contributed by atoms with Crippen LogP contribution in [0.2, 0.25) is 0 Å². The summed E-state index contributed by atoms with van der Waals surface area (Å²) >= 11 is 3.46. The van der Waals surface area contributed by atoms with Crippen LogP contribution in [-0.2, 0) is 16.1 Å². The van der Waals surface area contributed by atoms with E-state index < -0.39 is 12.0 Å². The monoisotopic (exact) mass is 328 g/mol. The first kappa shape index (κ1) is 14.3. The van der Waals surface area contributed by atoms with Crippen molar-refractivity contribution in [3.05, 3.63) is 28.2 Å². The Balaban J connectivity index is 2.09. The Morgan fingerprint density at radius 3 is 3.00 bits per heavy atom. The molecule has 0 aliphatic carbocycles. The van der Waals surface area contributed by atoms with Gasteiger partial charge in [-0.15, -0.1) is 0 Å². The molecule has 3 N–H and O–H groups in total. The van der Waals surface area contributed by atoms with Crippen LogP contribution in [0.1, 0.15) is 12.5 Å². The van der Waals surface area contributed by atoms with Crippen LogP contribution in [0.5, 0.6) is 5.75 Å². The minimum atomic E-state index is -0.570. The van der Waals surface area contributed by atoms with Gasteiger partial charge in [0.25, 0.3) is 0 Å². The molecule has 1 aliphatic heterocycles. The number of aromatic hydroxyl groups is 1. The van der Waals surface area contributed by atoms with Crippen molar-refractivity contribution in [2.75, 3.05) is 13.1 Å². The lowest BCUT2D eigenvalue weighted by atomic mass is 10.1. The number of nitrogens with two attached hydrogens (primary N) is 1. The molecule has 1 saturated heterocycles. The summed E-state index contributed by atoms with van der Waals surface area (Å²) in [5.74, 6) is -0.211. The van der Waals surface area contributed by atoms with Crippen LogP contribution in [-0.4, -0.2) is 41.2 Å². The van der Waals surface area contributed by atoms with Gasteiger partial charge in [0.1, 0.15) is 11.9 Å². The number of phenols is 1. The molecule has 0 radical (unpaired) electrons. The number of primary amides is 1. The second kappa shape index (κ2) is 5.90. The first-order valence-corrected chi connectivity index (χ1v) is 6.89. The van der Waals surface area contributed by atoms with E-state index in [1.165, 1.54) is 0 Å². The summed E-state index contributed by atoms with van der Waals surface area (Å²) in [6.45, 7) is 3.75. The van der Waals surface area contributed by atoms with Crippen LogP contribution >= 0.6 is 15.9 Å². The van der Waals surface area contributed by atoms with Crippen LogP contribution < -0.4 is 5.73 Å². The highest BCUT2D eigenvalue weighted by Gasteiger charge is 2.29. The number of hydrogen-bond donors (Lipinski definition) is 2. The number of phenolic OH excluding ortho intramolecular Hbond substituents is 1. The number of nitrogens with zero attached hydrogens (tertiary/aromatic N) is 1. The Morgan fingerprint density at radius 2 is 2.32 bits per heavy atom. The SMILES string of the molecule is C[C@@H]1CN(Cc2cc(O)ccc2Br)C[C@@H](C(N)=O)O1. The highest BCUT2D eigenvalue weighted by Crippen LogP contribution is 2.24. The van der Waals surface area contributed by atoms with E-state index in [9.17, 15) is 9.90 Å². The molecule has 1 heterocycles. The molecule has 1 aromatic carbocycles. The van der Waals surface area contributed by atoms with Gasteiger partial charge in [-0.25, -0.2) is 0 Å². The molecule has 1 aromatic rings.